The summed E-state index contributed by atoms with van der Waals surface area (Å²) in [5.41, 5.74) is 2.27. The van der Waals surface area contributed by atoms with E-state index >= 15 is 0 Å². The van der Waals surface area contributed by atoms with Crippen LogP contribution in [0.3, 0.4) is 0 Å². The molecule has 0 radical (unpaired) electrons. The summed E-state index contributed by atoms with van der Waals surface area (Å²) in [7, 11) is -3.06. The number of sulfone groups is 1. The van der Waals surface area contributed by atoms with E-state index in [2.05, 4.69) is 15.3 Å². The summed E-state index contributed by atoms with van der Waals surface area (Å²) in [5.74, 6) is 0.392. The summed E-state index contributed by atoms with van der Waals surface area (Å²) in [5, 5.41) is 3.15. The molecule has 0 bridgehead atoms. The number of nitrogens with zero attached hydrogens (tertiary/aromatic N) is 3. The maximum atomic E-state index is 12.8. The molecule has 1 saturated heterocycles. The van der Waals surface area contributed by atoms with E-state index in [1.807, 2.05) is 38.1 Å². The molecule has 0 aliphatic carbocycles. The quantitative estimate of drug-likeness (QED) is 0.862. The molecule has 7 nitrogen and oxygen atoms in total. The lowest BCUT2D eigenvalue weighted by Gasteiger charge is -2.26. The molecule has 1 aliphatic rings. The van der Waals surface area contributed by atoms with Gasteiger partial charge in [-0.1, -0.05) is 17.7 Å². The van der Waals surface area contributed by atoms with E-state index in [0.29, 0.717) is 18.8 Å². The van der Waals surface area contributed by atoms with E-state index in [9.17, 15) is 13.2 Å². The first-order valence-electron chi connectivity index (χ1n) is 8.55. The number of aryl methyl sites for hydroxylation is 1. The molecule has 2 heterocycles. The number of aromatic nitrogens is 2. The Morgan fingerprint density at radius 2 is 2.00 bits per heavy atom. The summed E-state index contributed by atoms with van der Waals surface area (Å²) < 4.78 is 23.5. The predicted molar refractivity (Wildman–Crippen MR) is 100 cm³/mol. The van der Waals surface area contributed by atoms with Crippen molar-refractivity contribution >= 4 is 27.2 Å². The highest BCUT2D eigenvalue weighted by atomic mass is 32.2. The van der Waals surface area contributed by atoms with Crippen LogP contribution in [-0.4, -0.2) is 53.3 Å². The normalized spacial score (nSPS) is 18.5. The molecule has 1 fully saturated rings. The van der Waals surface area contributed by atoms with Gasteiger partial charge >= 0.3 is 0 Å². The van der Waals surface area contributed by atoms with Crippen molar-refractivity contribution in [2.75, 3.05) is 23.4 Å². The zero-order chi connectivity index (χ0) is 18.7. The number of rotatable bonds is 5. The first-order chi connectivity index (χ1) is 12.4. The van der Waals surface area contributed by atoms with Crippen LogP contribution in [0.5, 0.6) is 0 Å². The van der Waals surface area contributed by atoms with Gasteiger partial charge in [-0.2, -0.15) is 0 Å². The monoisotopic (exact) mass is 374 g/mol. The van der Waals surface area contributed by atoms with Crippen LogP contribution in [0.15, 0.2) is 36.7 Å². The molecular formula is C18H22N4O3S. The van der Waals surface area contributed by atoms with Crippen molar-refractivity contribution in [2.24, 2.45) is 0 Å². The van der Waals surface area contributed by atoms with Crippen molar-refractivity contribution in [1.29, 1.82) is 0 Å². The van der Waals surface area contributed by atoms with Gasteiger partial charge < -0.3 is 10.2 Å². The molecule has 1 atom stereocenters. The Balaban J connectivity index is 1.77. The fourth-order valence-corrected chi connectivity index (χ4v) is 4.79. The van der Waals surface area contributed by atoms with Crippen molar-refractivity contribution in [3.63, 3.8) is 0 Å². The molecular weight excluding hydrogens is 352 g/mol. The number of carbonyl (C=O) groups excluding carboxylic acids is 1. The zero-order valence-electron chi connectivity index (χ0n) is 14.8. The largest absolute Gasteiger partial charge is 0.340 e. The second kappa shape index (κ2) is 7.41. The van der Waals surface area contributed by atoms with Crippen molar-refractivity contribution in [2.45, 2.75) is 26.3 Å². The fraction of sp³-hybridized carbons (Fsp3) is 0.389. The van der Waals surface area contributed by atoms with Gasteiger partial charge in [0.15, 0.2) is 9.84 Å². The molecule has 0 saturated carbocycles. The summed E-state index contributed by atoms with van der Waals surface area (Å²) in [6.07, 6.45) is 1.81. The van der Waals surface area contributed by atoms with E-state index in [-0.39, 0.29) is 29.1 Å². The number of anilines is 2. The third-order valence-electron chi connectivity index (χ3n) is 4.46. The molecule has 1 amide bonds. The molecule has 8 heteroatoms. The number of nitrogens with one attached hydrogen (secondary N) is 1. The Morgan fingerprint density at radius 1 is 1.27 bits per heavy atom. The van der Waals surface area contributed by atoms with Gasteiger partial charge in [-0.3, -0.25) is 4.79 Å². The van der Waals surface area contributed by atoms with E-state index in [1.54, 1.807) is 11.0 Å². The van der Waals surface area contributed by atoms with Gasteiger partial charge in [-0.15, -0.1) is 0 Å². The Morgan fingerprint density at radius 3 is 2.62 bits per heavy atom. The molecule has 26 heavy (non-hydrogen) atoms. The summed E-state index contributed by atoms with van der Waals surface area (Å²) in [4.78, 5) is 22.7. The van der Waals surface area contributed by atoms with Gasteiger partial charge in [0.05, 0.1) is 11.5 Å². The molecule has 1 aliphatic heterocycles. The van der Waals surface area contributed by atoms with Crippen LogP contribution in [0.2, 0.25) is 0 Å². The van der Waals surface area contributed by atoms with E-state index in [4.69, 9.17) is 0 Å². The lowest BCUT2D eigenvalue weighted by Crippen LogP contribution is -2.41. The minimum absolute atomic E-state index is 0.0200. The smallest absolute Gasteiger partial charge is 0.272 e. The summed E-state index contributed by atoms with van der Waals surface area (Å²) in [6.45, 7) is 4.28. The van der Waals surface area contributed by atoms with Crippen LogP contribution in [0.25, 0.3) is 0 Å². The van der Waals surface area contributed by atoms with E-state index in [1.165, 1.54) is 6.33 Å². The number of amides is 1. The SMILES string of the molecule is CCN(C(=O)c1cc(Nc2ccc(C)cc2)ncn1)C1CCS(=O)(=O)C1. The Bertz CT molecular complexity index is 897. The number of carbonyl (C=O) groups is 1. The molecule has 1 aromatic heterocycles. The standard InChI is InChI=1S/C18H22N4O3S/c1-3-22(15-8-9-26(24,25)11-15)18(23)16-10-17(20-12-19-16)21-14-6-4-13(2)5-7-14/h4-7,10,12,15H,3,8-9,11H2,1-2H3,(H,19,20,21). The fourth-order valence-electron chi connectivity index (χ4n) is 3.06. The predicted octanol–water partition coefficient (Wildman–Crippen LogP) is 2.18. The molecule has 2 aromatic rings. The first kappa shape index (κ1) is 18.3. The lowest BCUT2D eigenvalue weighted by atomic mass is 10.2. The van der Waals surface area contributed by atoms with Crippen LogP contribution < -0.4 is 5.32 Å². The van der Waals surface area contributed by atoms with Gasteiger partial charge in [0.1, 0.15) is 17.8 Å². The van der Waals surface area contributed by atoms with Crippen molar-refractivity contribution in [3.05, 3.63) is 47.9 Å². The highest BCUT2D eigenvalue weighted by molar-refractivity contribution is 7.91. The summed E-state index contributed by atoms with van der Waals surface area (Å²) in [6, 6.07) is 9.13. The third kappa shape index (κ3) is 4.19. The van der Waals surface area contributed by atoms with E-state index in [0.717, 1.165) is 11.3 Å². The number of hydrogen-bond donors (Lipinski definition) is 1. The minimum Gasteiger partial charge on any atom is -0.340 e. The molecule has 1 N–H and O–H groups in total. The maximum absolute atomic E-state index is 12.8. The van der Waals surface area contributed by atoms with E-state index < -0.39 is 9.84 Å². The van der Waals surface area contributed by atoms with Crippen molar-refractivity contribution < 1.29 is 13.2 Å². The van der Waals surface area contributed by atoms with Crippen LogP contribution in [-0.2, 0) is 9.84 Å². The average molecular weight is 374 g/mol. The third-order valence-corrected chi connectivity index (χ3v) is 6.21. The first-order valence-corrected chi connectivity index (χ1v) is 10.4. The Hall–Kier alpha value is -2.48. The second-order valence-corrected chi connectivity index (χ2v) is 8.66. The number of benzene rings is 1. The van der Waals surface area contributed by atoms with Crippen molar-refractivity contribution in [1.82, 2.24) is 14.9 Å². The van der Waals surface area contributed by atoms with Crippen molar-refractivity contribution in [3.8, 4) is 0 Å². The van der Waals surface area contributed by atoms with Gasteiger partial charge in [0, 0.05) is 24.3 Å². The van der Waals surface area contributed by atoms with Crippen LogP contribution >= 0.6 is 0 Å². The Labute approximate surface area is 153 Å². The molecule has 3 rings (SSSR count). The molecule has 138 valence electrons. The highest BCUT2D eigenvalue weighted by Crippen LogP contribution is 2.21. The lowest BCUT2D eigenvalue weighted by molar-refractivity contribution is 0.0702. The Kier molecular flexibility index (Phi) is 5.22. The van der Waals surface area contributed by atoms with Gasteiger partial charge in [-0.25, -0.2) is 18.4 Å². The topological polar surface area (TPSA) is 92.3 Å². The van der Waals surface area contributed by atoms with Gasteiger partial charge in [-0.05, 0) is 32.4 Å². The maximum Gasteiger partial charge on any atom is 0.272 e. The second-order valence-electron chi connectivity index (χ2n) is 6.43. The molecule has 0 spiro atoms. The average Bonchev–Trinajstić information content (AvgIpc) is 2.97. The van der Waals surface area contributed by atoms with Crippen LogP contribution in [0.1, 0.15) is 29.4 Å². The van der Waals surface area contributed by atoms with Crippen LogP contribution in [0.4, 0.5) is 11.5 Å². The molecule has 1 unspecified atom stereocenters. The minimum atomic E-state index is -3.06. The number of hydrogen-bond acceptors (Lipinski definition) is 6. The van der Waals surface area contributed by atoms with Gasteiger partial charge in [0.2, 0.25) is 0 Å². The summed E-state index contributed by atoms with van der Waals surface area (Å²) >= 11 is 0. The highest BCUT2D eigenvalue weighted by Gasteiger charge is 2.34. The molecule has 1 aromatic carbocycles. The van der Waals surface area contributed by atoms with Gasteiger partial charge in [0.25, 0.3) is 5.91 Å². The van der Waals surface area contributed by atoms with Crippen LogP contribution in [0, 0.1) is 6.92 Å². The zero-order valence-corrected chi connectivity index (χ0v) is 15.7.